The minimum absolute atomic E-state index is 0.430. The van der Waals surface area contributed by atoms with Gasteiger partial charge < -0.3 is 10.4 Å². The maximum atomic E-state index is 10.9. The lowest BCUT2D eigenvalue weighted by Gasteiger charge is -2.12. The third-order valence-corrected chi connectivity index (χ3v) is 3.56. The molecule has 0 saturated heterocycles. The highest BCUT2D eigenvalue weighted by atomic mass is 35.5. The van der Waals surface area contributed by atoms with Crippen LogP contribution in [-0.2, 0) is 11.2 Å². The average molecular weight is 262 g/mol. The lowest BCUT2D eigenvalue weighted by Crippen LogP contribution is -2.37. The third-order valence-electron chi connectivity index (χ3n) is 2.27. The molecule has 0 aliphatic heterocycles. The van der Waals surface area contributed by atoms with Crippen LogP contribution in [0.2, 0.25) is 4.34 Å². The summed E-state index contributed by atoms with van der Waals surface area (Å²) in [5.41, 5.74) is 0. The van der Waals surface area contributed by atoms with Crippen LogP contribution in [0.25, 0.3) is 0 Å². The van der Waals surface area contributed by atoms with E-state index in [0.717, 1.165) is 17.2 Å². The smallest absolute Gasteiger partial charge is 0.320 e. The number of rotatable bonds is 7. The second-order valence-corrected chi connectivity index (χ2v) is 5.39. The summed E-state index contributed by atoms with van der Waals surface area (Å²) in [5, 5.41) is 12.0. The molecule has 0 radical (unpaired) electrons. The number of thiophene rings is 1. The Morgan fingerprint density at radius 2 is 2.38 bits per heavy atom. The molecule has 0 amide bonds. The summed E-state index contributed by atoms with van der Waals surface area (Å²) in [6, 6.07) is 3.41. The Morgan fingerprint density at radius 3 is 2.88 bits per heavy atom. The number of nitrogens with one attached hydrogen (secondary N) is 1. The number of aliphatic carboxylic acids is 1. The SMILES string of the molecule is CCCC(NCCc1ccc(Cl)s1)C(=O)O. The molecule has 1 aromatic heterocycles. The Hall–Kier alpha value is -0.580. The highest BCUT2D eigenvalue weighted by molar-refractivity contribution is 7.16. The van der Waals surface area contributed by atoms with Gasteiger partial charge in [0.15, 0.2) is 0 Å². The fraction of sp³-hybridized carbons (Fsp3) is 0.545. The van der Waals surface area contributed by atoms with Crippen molar-refractivity contribution in [2.45, 2.75) is 32.2 Å². The molecule has 3 nitrogen and oxygen atoms in total. The molecule has 5 heteroatoms. The summed E-state index contributed by atoms with van der Waals surface area (Å²) in [7, 11) is 0. The molecule has 0 fully saturated rings. The fourth-order valence-electron chi connectivity index (χ4n) is 1.46. The molecule has 0 aromatic carbocycles. The monoisotopic (exact) mass is 261 g/mol. The predicted octanol–water partition coefficient (Wildman–Crippen LogP) is 2.79. The van der Waals surface area contributed by atoms with Gasteiger partial charge in [-0.2, -0.15) is 0 Å². The van der Waals surface area contributed by atoms with E-state index >= 15 is 0 Å². The van der Waals surface area contributed by atoms with Crippen molar-refractivity contribution in [1.29, 1.82) is 0 Å². The van der Waals surface area contributed by atoms with Crippen LogP contribution in [0.15, 0.2) is 12.1 Å². The van der Waals surface area contributed by atoms with Crippen LogP contribution < -0.4 is 5.32 Å². The van der Waals surface area contributed by atoms with E-state index in [0.29, 0.717) is 13.0 Å². The van der Waals surface area contributed by atoms with Crippen LogP contribution in [0.5, 0.6) is 0 Å². The molecule has 90 valence electrons. The first-order valence-corrected chi connectivity index (χ1v) is 6.53. The van der Waals surface area contributed by atoms with E-state index in [1.165, 1.54) is 16.2 Å². The van der Waals surface area contributed by atoms with Gasteiger partial charge in [-0.25, -0.2) is 0 Å². The van der Waals surface area contributed by atoms with E-state index < -0.39 is 12.0 Å². The first kappa shape index (κ1) is 13.5. The van der Waals surface area contributed by atoms with Crippen molar-refractivity contribution in [3.05, 3.63) is 21.3 Å². The molecule has 1 heterocycles. The minimum atomic E-state index is -0.772. The summed E-state index contributed by atoms with van der Waals surface area (Å²) in [6.45, 7) is 2.66. The molecular weight excluding hydrogens is 246 g/mol. The Morgan fingerprint density at radius 1 is 1.62 bits per heavy atom. The van der Waals surface area contributed by atoms with Crippen molar-refractivity contribution in [2.24, 2.45) is 0 Å². The van der Waals surface area contributed by atoms with E-state index in [1.54, 1.807) is 0 Å². The quantitative estimate of drug-likeness (QED) is 0.794. The van der Waals surface area contributed by atoms with Crippen molar-refractivity contribution in [3.63, 3.8) is 0 Å². The van der Waals surface area contributed by atoms with Crippen molar-refractivity contribution < 1.29 is 9.90 Å². The Balaban J connectivity index is 2.30. The molecule has 16 heavy (non-hydrogen) atoms. The largest absolute Gasteiger partial charge is 0.480 e. The van der Waals surface area contributed by atoms with E-state index in [-0.39, 0.29) is 0 Å². The van der Waals surface area contributed by atoms with Gasteiger partial charge in [-0.1, -0.05) is 24.9 Å². The molecule has 1 rings (SSSR count). The van der Waals surface area contributed by atoms with Gasteiger partial charge in [0.1, 0.15) is 6.04 Å². The van der Waals surface area contributed by atoms with Crippen LogP contribution >= 0.6 is 22.9 Å². The molecule has 0 aliphatic carbocycles. The van der Waals surface area contributed by atoms with Gasteiger partial charge in [-0.15, -0.1) is 11.3 Å². The second-order valence-electron chi connectivity index (χ2n) is 3.59. The zero-order valence-corrected chi connectivity index (χ0v) is 10.8. The van der Waals surface area contributed by atoms with Gasteiger partial charge in [0.25, 0.3) is 0 Å². The van der Waals surface area contributed by atoms with Gasteiger partial charge in [0, 0.05) is 11.4 Å². The molecule has 0 aliphatic rings. The lowest BCUT2D eigenvalue weighted by molar-refractivity contribution is -0.139. The van der Waals surface area contributed by atoms with Crippen LogP contribution in [0.1, 0.15) is 24.6 Å². The minimum Gasteiger partial charge on any atom is -0.480 e. The van der Waals surface area contributed by atoms with Crippen molar-refractivity contribution in [3.8, 4) is 0 Å². The maximum Gasteiger partial charge on any atom is 0.320 e. The van der Waals surface area contributed by atoms with Crippen molar-refractivity contribution in [1.82, 2.24) is 5.32 Å². The lowest BCUT2D eigenvalue weighted by atomic mass is 10.1. The zero-order chi connectivity index (χ0) is 12.0. The third kappa shape index (κ3) is 4.51. The number of halogens is 1. The van der Waals surface area contributed by atoms with E-state index in [1.807, 2.05) is 19.1 Å². The number of hydrogen-bond acceptors (Lipinski definition) is 3. The summed E-state index contributed by atoms with van der Waals surface area (Å²) in [6.07, 6.45) is 2.36. The van der Waals surface area contributed by atoms with Crippen LogP contribution in [0, 0.1) is 0 Å². The topological polar surface area (TPSA) is 49.3 Å². The Kier molecular flexibility index (Phi) is 5.80. The molecule has 1 unspecified atom stereocenters. The molecular formula is C11H16ClNO2S. The van der Waals surface area contributed by atoms with Gasteiger partial charge in [-0.05, 0) is 25.0 Å². The molecule has 1 aromatic rings. The normalized spacial score (nSPS) is 12.6. The van der Waals surface area contributed by atoms with Gasteiger partial charge in [-0.3, -0.25) is 4.79 Å². The maximum absolute atomic E-state index is 10.9. The summed E-state index contributed by atoms with van der Waals surface area (Å²) in [4.78, 5) is 12.0. The number of hydrogen-bond donors (Lipinski definition) is 2. The molecule has 0 bridgehead atoms. The fourth-order valence-corrected chi connectivity index (χ4v) is 2.54. The van der Waals surface area contributed by atoms with Gasteiger partial charge in [0.05, 0.1) is 4.34 Å². The summed E-state index contributed by atoms with van der Waals surface area (Å²) < 4.78 is 0.776. The second kappa shape index (κ2) is 6.89. The first-order valence-electron chi connectivity index (χ1n) is 5.34. The Labute approximate surface area is 104 Å². The van der Waals surface area contributed by atoms with Crippen molar-refractivity contribution >= 4 is 28.9 Å². The first-order chi connectivity index (χ1) is 7.63. The van der Waals surface area contributed by atoms with Crippen LogP contribution in [0.3, 0.4) is 0 Å². The van der Waals surface area contributed by atoms with E-state index in [2.05, 4.69) is 5.32 Å². The van der Waals surface area contributed by atoms with Crippen LogP contribution in [0.4, 0.5) is 0 Å². The summed E-state index contributed by atoms with van der Waals surface area (Å²) in [5.74, 6) is -0.772. The number of carbonyl (C=O) groups is 1. The van der Waals surface area contributed by atoms with Crippen molar-refractivity contribution in [2.75, 3.05) is 6.54 Å². The predicted molar refractivity (Wildman–Crippen MR) is 67.4 cm³/mol. The average Bonchev–Trinajstić information content (AvgIpc) is 2.63. The zero-order valence-electron chi connectivity index (χ0n) is 9.20. The number of carboxylic acids is 1. The molecule has 1 atom stereocenters. The highest BCUT2D eigenvalue weighted by Gasteiger charge is 2.14. The molecule has 0 saturated carbocycles. The van der Waals surface area contributed by atoms with Crippen LogP contribution in [-0.4, -0.2) is 23.7 Å². The standard InChI is InChI=1S/C11H16ClNO2S/c1-2-3-9(11(14)15)13-7-6-8-4-5-10(12)16-8/h4-5,9,13H,2-3,6-7H2,1H3,(H,14,15). The number of carboxylic acid groups (broad SMARTS) is 1. The van der Waals surface area contributed by atoms with E-state index in [4.69, 9.17) is 16.7 Å². The Bertz CT molecular complexity index is 340. The highest BCUT2D eigenvalue weighted by Crippen LogP contribution is 2.21. The van der Waals surface area contributed by atoms with E-state index in [9.17, 15) is 4.79 Å². The summed E-state index contributed by atoms with van der Waals surface area (Å²) >= 11 is 7.35. The molecule has 2 N–H and O–H groups in total. The van der Waals surface area contributed by atoms with Gasteiger partial charge in [0.2, 0.25) is 0 Å². The molecule has 0 spiro atoms. The van der Waals surface area contributed by atoms with Gasteiger partial charge >= 0.3 is 5.97 Å².